The molecule has 0 fully saturated rings. The van der Waals surface area contributed by atoms with E-state index in [1.54, 1.807) is 6.07 Å². The van der Waals surface area contributed by atoms with Crippen LogP contribution in [0.2, 0.25) is 0 Å². The predicted octanol–water partition coefficient (Wildman–Crippen LogP) is 1.59. The minimum Gasteiger partial charge on any atom is -0.265 e. The van der Waals surface area contributed by atoms with Crippen LogP contribution in [0.3, 0.4) is 0 Å². The molecule has 0 bridgehead atoms. The Hall–Kier alpha value is -1.51. The minimum atomic E-state index is -0.285. The van der Waals surface area contributed by atoms with Crippen LogP contribution in [0.1, 0.15) is 15.9 Å². The molecule has 1 radical (unpaired) electrons. The third kappa shape index (κ3) is 0.941. The Balaban J connectivity index is 2.59. The van der Waals surface area contributed by atoms with Crippen molar-refractivity contribution in [2.45, 2.75) is 6.54 Å². The molecule has 0 saturated carbocycles. The fourth-order valence-electron chi connectivity index (χ4n) is 1.03. The van der Waals surface area contributed by atoms with Crippen LogP contribution in [-0.2, 0) is 6.54 Å². The molecule has 0 aromatic heterocycles. The van der Waals surface area contributed by atoms with Gasteiger partial charge in [0.2, 0.25) is 0 Å². The van der Waals surface area contributed by atoms with Crippen molar-refractivity contribution < 1.29 is 4.79 Å². The lowest BCUT2D eigenvalue weighted by Gasteiger charge is -2.05. The van der Waals surface area contributed by atoms with Crippen LogP contribution in [0.5, 0.6) is 0 Å². The summed E-state index contributed by atoms with van der Waals surface area (Å²) in [6, 6.07) is 8.24. The van der Waals surface area contributed by atoms with Crippen molar-refractivity contribution in [2.75, 3.05) is 0 Å². The second-order valence-electron chi connectivity index (χ2n) is 2.28. The first-order chi connectivity index (χ1) is 5.38. The summed E-state index contributed by atoms with van der Waals surface area (Å²) in [4.78, 5) is 11.0. The van der Waals surface area contributed by atoms with E-state index in [9.17, 15) is 4.79 Å². The molecule has 1 aromatic carbocycles. The first kappa shape index (κ1) is 6.22. The van der Waals surface area contributed by atoms with Crippen molar-refractivity contribution in [2.24, 2.45) is 10.2 Å². The highest BCUT2D eigenvalue weighted by Crippen LogP contribution is 2.15. The Kier molecular flexibility index (Phi) is 1.28. The van der Waals surface area contributed by atoms with E-state index in [0.29, 0.717) is 12.1 Å². The largest absolute Gasteiger partial charge is 0.296 e. The van der Waals surface area contributed by atoms with Crippen LogP contribution in [0.4, 0.5) is 0 Å². The van der Waals surface area contributed by atoms with E-state index in [2.05, 4.69) is 16.3 Å². The van der Waals surface area contributed by atoms with Crippen molar-refractivity contribution in [1.82, 2.24) is 0 Å². The molecule has 1 aliphatic rings. The highest BCUT2D eigenvalue weighted by atomic mass is 16.1. The van der Waals surface area contributed by atoms with Crippen molar-refractivity contribution in [3.8, 4) is 0 Å². The summed E-state index contributed by atoms with van der Waals surface area (Å²) >= 11 is 0. The van der Waals surface area contributed by atoms with Gasteiger partial charge in [0.1, 0.15) is 0 Å². The van der Waals surface area contributed by atoms with Crippen molar-refractivity contribution in [1.29, 1.82) is 0 Å². The van der Waals surface area contributed by atoms with Gasteiger partial charge in [0.25, 0.3) is 5.91 Å². The molecular weight excluding hydrogens is 140 g/mol. The number of amides is 1. The van der Waals surface area contributed by atoms with Crippen molar-refractivity contribution in [3.05, 3.63) is 35.4 Å². The summed E-state index contributed by atoms with van der Waals surface area (Å²) in [6.07, 6.45) is 0. The van der Waals surface area contributed by atoms with Gasteiger partial charge in [-0.2, -0.15) is 5.11 Å². The molecule has 1 aliphatic heterocycles. The van der Waals surface area contributed by atoms with Crippen LogP contribution in [0.15, 0.2) is 28.4 Å². The van der Waals surface area contributed by atoms with Crippen molar-refractivity contribution in [3.63, 3.8) is 0 Å². The first-order valence-corrected chi connectivity index (χ1v) is 3.29. The normalized spacial score (nSPS) is 14.7. The SMILES string of the molecule is O=C1N=NCc2ccc[c]c21. The van der Waals surface area contributed by atoms with Gasteiger partial charge in [0.05, 0.1) is 12.1 Å². The van der Waals surface area contributed by atoms with Crippen LogP contribution in [0, 0.1) is 6.07 Å². The molecule has 0 spiro atoms. The molecule has 1 amide bonds. The fraction of sp³-hybridized carbons (Fsp3) is 0.125. The summed E-state index contributed by atoms with van der Waals surface area (Å²) in [7, 11) is 0. The molecule has 0 saturated heterocycles. The third-order valence-electron chi connectivity index (χ3n) is 1.56. The van der Waals surface area contributed by atoms with Gasteiger partial charge in [0, 0.05) is 0 Å². The zero-order valence-corrected chi connectivity index (χ0v) is 5.74. The second kappa shape index (κ2) is 2.27. The molecule has 0 N–H and O–H groups in total. The maximum absolute atomic E-state index is 11.0. The molecule has 0 aliphatic carbocycles. The second-order valence-corrected chi connectivity index (χ2v) is 2.28. The molecule has 53 valence electrons. The van der Waals surface area contributed by atoms with Crippen LogP contribution in [-0.4, -0.2) is 5.91 Å². The number of benzene rings is 1. The average Bonchev–Trinajstić information content (AvgIpc) is 2.06. The minimum absolute atomic E-state index is 0.285. The van der Waals surface area contributed by atoms with Gasteiger partial charge in [-0.1, -0.05) is 18.2 Å². The highest BCUT2D eigenvalue weighted by molar-refractivity contribution is 5.96. The maximum atomic E-state index is 11.0. The van der Waals surface area contributed by atoms with Crippen molar-refractivity contribution >= 4 is 5.91 Å². The topological polar surface area (TPSA) is 41.8 Å². The average molecular weight is 145 g/mol. The Labute approximate surface area is 63.8 Å². The molecule has 2 rings (SSSR count). The first-order valence-electron chi connectivity index (χ1n) is 3.29. The molecule has 3 nitrogen and oxygen atoms in total. The van der Waals surface area contributed by atoms with E-state index in [1.165, 1.54) is 0 Å². The van der Waals surface area contributed by atoms with Gasteiger partial charge in [-0.3, -0.25) is 4.79 Å². The standard InChI is InChI=1S/C8H5N2O/c11-8-7-4-2-1-3-6(7)5-9-10-8/h1-3H,5H2. The van der Waals surface area contributed by atoms with E-state index in [-0.39, 0.29) is 5.91 Å². The molecule has 0 unspecified atom stereocenters. The van der Waals surface area contributed by atoms with E-state index in [1.807, 2.05) is 12.1 Å². The molecular formula is C8H5N2O. The van der Waals surface area contributed by atoms with Crippen LogP contribution in [0.25, 0.3) is 0 Å². The lowest BCUT2D eigenvalue weighted by Crippen LogP contribution is -2.04. The quantitative estimate of drug-likeness (QED) is 0.546. The van der Waals surface area contributed by atoms with E-state index >= 15 is 0 Å². The Morgan fingerprint density at radius 2 is 2.45 bits per heavy atom. The van der Waals surface area contributed by atoms with Gasteiger partial charge >= 0.3 is 0 Å². The zero-order valence-electron chi connectivity index (χ0n) is 5.74. The van der Waals surface area contributed by atoms with Gasteiger partial charge in [-0.15, -0.1) is 5.11 Å². The number of azo groups is 1. The predicted molar refractivity (Wildman–Crippen MR) is 38.2 cm³/mol. The summed E-state index contributed by atoms with van der Waals surface area (Å²) in [5.41, 5.74) is 1.47. The van der Waals surface area contributed by atoms with Crippen LogP contribution < -0.4 is 0 Å². The van der Waals surface area contributed by atoms with Gasteiger partial charge in [-0.25, -0.2) is 0 Å². The maximum Gasteiger partial charge on any atom is 0.296 e. The van der Waals surface area contributed by atoms with Gasteiger partial charge < -0.3 is 0 Å². The molecule has 3 heteroatoms. The number of carbonyl (C=O) groups is 1. The van der Waals surface area contributed by atoms with Gasteiger partial charge in [-0.05, 0) is 11.6 Å². The monoisotopic (exact) mass is 145 g/mol. The summed E-state index contributed by atoms with van der Waals surface area (Å²) < 4.78 is 0. The lowest BCUT2D eigenvalue weighted by atomic mass is 10.1. The summed E-state index contributed by atoms with van der Waals surface area (Å²) in [6.45, 7) is 0.498. The Bertz CT molecular complexity index is 331. The van der Waals surface area contributed by atoms with E-state index in [4.69, 9.17) is 0 Å². The molecule has 0 atom stereocenters. The number of rotatable bonds is 0. The zero-order chi connectivity index (χ0) is 7.68. The molecule has 11 heavy (non-hydrogen) atoms. The number of fused-ring (bicyclic) bond motifs is 1. The van der Waals surface area contributed by atoms with E-state index in [0.717, 1.165) is 5.56 Å². The third-order valence-corrected chi connectivity index (χ3v) is 1.56. The van der Waals surface area contributed by atoms with Crippen LogP contribution >= 0.6 is 0 Å². The number of nitrogens with zero attached hydrogens (tertiary/aromatic N) is 2. The highest BCUT2D eigenvalue weighted by Gasteiger charge is 2.13. The Morgan fingerprint density at radius 1 is 1.55 bits per heavy atom. The summed E-state index contributed by atoms with van der Waals surface area (Å²) in [5, 5.41) is 7.08. The number of carbonyl (C=O) groups excluding carboxylic acids is 1. The summed E-state index contributed by atoms with van der Waals surface area (Å²) in [5.74, 6) is -0.285. The Morgan fingerprint density at radius 3 is 3.27 bits per heavy atom. The number of hydrogen-bond acceptors (Lipinski definition) is 2. The molecule has 1 heterocycles. The van der Waals surface area contributed by atoms with Gasteiger partial charge in [0.15, 0.2) is 0 Å². The van der Waals surface area contributed by atoms with E-state index < -0.39 is 0 Å². The molecule has 1 aromatic rings. The lowest BCUT2D eigenvalue weighted by molar-refractivity contribution is 0.0987. The number of hydrogen-bond donors (Lipinski definition) is 0. The smallest absolute Gasteiger partial charge is 0.265 e. The fourth-order valence-corrected chi connectivity index (χ4v) is 1.03.